The van der Waals surface area contributed by atoms with Crippen molar-refractivity contribution in [2.45, 2.75) is 0 Å². The number of carbonyl (C=O) groups excluding carboxylic acids is 1. The Morgan fingerprint density at radius 1 is 1.33 bits per heavy atom. The van der Waals surface area contributed by atoms with E-state index in [1.54, 1.807) is 12.1 Å². The van der Waals surface area contributed by atoms with Crippen LogP contribution in [-0.4, -0.2) is 6.47 Å². The maximum Gasteiger partial charge on any atom is 0.298 e. The number of halogens is 2. The normalized spacial score (nSPS) is 9.50. The lowest BCUT2D eigenvalue weighted by Crippen LogP contribution is -1.92. The van der Waals surface area contributed by atoms with Gasteiger partial charge in [0, 0.05) is 8.95 Å². The van der Waals surface area contributed by atoms with E-state index in [-0.39, 0.29) is 0 Å². The zero-order valence-electron chi connectivity index (χ0n) is 5.88. The Labute approximate surface area is 86.1 Å². The van der Waals surface area contributed by atoms with Crippen molar-refractivity contribution >= 4 is 44.0 Å². The van der Waals surface area contributed by atoms with E-state index >= 15 is 0 Å². The van der Waals surface area contributed by atoms with Gasteiger partial charge in [0.05, 0.1) is 5.69 Å². The number of anilines is 1. The van der Waals surface area contributed by atoms with Crippen molar-refractivity contribution in [1.82, 2.24) is 0 Å². The summed E-state index contributed by atoms with van der Waals surface area (Å²) in [6, 6.07) is 3.24. The molecule has 2 N–H and O–H groups in total. The monoisotopic (exact) mass is 293 g/mol. The number of nitrogen functional groups attached to an aromatic ring is 1. The number of hydrogen-bond acceptors (Lipinski definition) is 3. The molecular weight excluding hydrogens is 290 g/mol. The van der Waals surface area contributed by atoms with Crippen LogP contribution in [0.5, 0.6) is 5.75 Å². The second-order valence-electron chi connectivity index (χ2n) is 2.01. The van der Waals surface area contributed by atoms with Crippen LogP contribution in [0.3, 0.4) is 0 Å². The van der Waals surface area contributed by atoms with E-state index in [1.165, 1.54) is 0 Å². The molecule has 1 aromatic rings. The highest BCUT2D eigenvalue weighted by Gasteiger charge is 2.03. The van der Waals surface area contributed by atoms with Crippen LogP contribution < -0.4 is 10.5 Å². The minimum atomic E-state index is 0.365. The Balaban J connectivity index is 3.11. The number of ether oxygens (including phenoxy) is 1. The first-order chi connectivity index (χ1) is 5.65. The highest BCUT2D eigenvalue weighted by Crippen LogP contribution is 2.32. The molecule has 1 rings (SSSR count). The second-order valence-corrected chi connectivity index (χ2v) is 3.72. The lowest BCUT2D eigenvalue weighted by Gasteiger charge is -2.03. The fourth-order valence-corrected chi connectivity index (χ4v) is 1.83. The van der Waals surface area contributed by atoms with Gasteiger partial charge in [-0.25, -0.2) is 0 Å². The number of carbonyl (C=O) groups is 1. The van der Waals surface area contributed by atoms with Crippen LogP contribution in [0.15, 0.2) is 21.1 Å². The molecule has 12 heavy (non-hydrogen) atoms. The average molecular weight is 295 g/mol. The Morgan fingerprint density at radius 3 is 2.25 bits per heavy atom. The van der Waals surface area contributed by atoms with E-state index in [9.17, 15) is 4.79 Å². The van der Waals surface area contributed by atoms with E-state index in [2.05, 4.69) is 36.6 Å². The van der Waals surface area contributed by atoms with Gasteiger partial charge in [0.25, 0.3) is 6.47 Å². The molecule has 0 spiro atoms. The molecule has 1 aromatic carbocycles. The molecule has 0 aliphatic rings. The molecule has 0 saturated carbocycles. The summed E-state index contributed by atoms with van der Waals surface area (Å²) in [4.78, 5) is 10.00. The van der Waals surface area contributed by atoms with Gasteiger partial charge < -0.3 is 10.5 Å². The van der Waals surface area contributed by atoms with E-state index in [0.717, 1.165) is 0 Å². The van der Waals surface area contributed by atoms with Gasteiger partial charge in [0.2, 0.25) is 0 Å². The summed E-state index contributed by atoms with van der Waals surface area (Å²) in [5.74, 6) is 0.443. The Hall–Kier alpha value is -0.550. The molecule has 5 heteroatoms. The fraction of sp³-hybridized carbons (Fsp3) is 0. The van der Waals surface area contributed by atoms with Gasteiger partial charge in [-0.3, -0.25) is 4.79 Å². The first kappa shape index (κ1) is 9.54. The highest BCUT2D eigenvalue weighted by atomic mass is 79.9. The Kier molecular flexibility index (Phi) is 3.11. The zero-order valence-corrected chi connectivity index (χ0v) is 9.05. The van der Waals surface area contributed by atoms with Crippen molar-refractivity contribution < 1.29 is 9.53 Å². The summed E-state index contributed by atoms with van der Waals surface area (Å²) >= 11 is 6.43. The van der Waals surface area contributed by atoms with E-state index in [0.29, 0.717) is 26.9 Å². The third kappa shape index (κ3) is 1.98. The summed E-state index contributed by atoms with van der Waals surface area (Å²) in [6.45, 7) is 0.365. The topological polar surface area (TPSA) is 52.3 Å². The first-order valence-corrected chi connectivity index (χ1v) is 4.58. The van der Waals surface area contributed by atoms with Gasteiger partial charge in [-0.2, -0.15) is 0 Å². The van der Waals surface area contributed by atoms with Crippen molar-refractivity contribution in [3.63, 3.8) is 0 Å². The molecule has 0 aromatic heterocycles. The lowest BCUT2D eigenvalue weighted by atomic mass is 10.3. The van der Waals surface area contributed by atoms with Crippen LogP contribution in [0.1, 0.15) is 0 Å². The fourth-order valence-electron chi connectivity index (χ4n) is 0.685. The minimum absolute atomic E-state index is 0.365. The van der Waals surface area contributed by atoms with E-state index in [4.69, 9.17) is 5.73 Å². The van der Waals surface area contributed by atoms with Gasteiger partial charge in [0.1, 0.15) is 5.75 Å². The summed E-state index contributed by atoms with van der Waals surface area (Å²) in [6.07, 6.45) is 0. The van der Waals surface area contributed by atoms with Crippen molar-refractivity contribution in [1.29, 1.82) is 0 Å². The molecule has 0 atom stereocenters. The zero-order chi connectivity index (χ0) is 9.14. The molecular formula is C7H5Br2NO2. The predicted molar refractivity (Wildman–Crippen MR) is 52.9 cm³/mol. The smallest absolute Gasteiger partial charge is 0.298 e. The summed E-state index contributed by atoms with van der Waals surface area (Å²) < 4.78 is 6.00. The maximum absolute atomic E-state index is 10.00. The third-order valence-electron chi connectivity index (χ3n) is 1.24. The van der Waals surface area contributed by atoms with Crippen molar-refractivity contribution in [2.24, 2.45) is 0 Å². The highest BCUT2D eigenvalue weighted by molar-refractivity contribution is 9.11. The van der Waals surface area contributed by atoms with Crippen molar-refractivity contribution in [3.05, 3.63) is 21.1 Å². The van der Waals surface area contributed by atoms with Crippen LogP contribution in [-0.2, 0) is 4.79 Å². The van der Waals surface area contributed by atoms with Gasteiger partial charge in [0.15, 0.2) is 0 Å². The number of nitrogens with two attached hydrogens (primary N) is 1. The van der Waals surface area contributed by atoms with Crippen LogP contribution in [0, 0.1) is 0 Å². The lowest BCUT2D eigenvalue weighted by molar-refractivity contribution is -0.120. The van der Waals surface area contributed by atoms with Gasteiger partial charge in [-0.1, -0.05) is 0 Å². The molecule has 0 radical (unpaired) electrons. The molecule has 0 fully saturated rings. The largest absolute Gasteiger partial charge is 0.429 e. The molecule has 3 nitrogen and oxygen atoms in total. The summed E-state index contributed by atoms with van der Waals surface area (Å²) in [7, 11) is 0. The number of rotatable bonds is 2. The van der Waals surface area contributed by atoms with Gasteiger partial charge in [-0.15, -0.1) is 0 Å². The molecule has 0 amide bonds. The Morgan fingerprint density at radius 2 is 1.83 bits per heavy atom. The summed E-state index contributed by atoms with van der Waals surface area (Å²) in [5.41, 5.74) is 6.19. The molecule has 0 saturated heterocycles. The average Bonchev–Trinajstić information content (AvgIpc) is 2.01. The van der Waals surface area contributed by atoms with Crippen molar-refractivity contribution in [3.8, 4) is 5.75 Å². The second kappa shape index (κ2) is 3.91. The van der Waals surface area contributed by atoms with Crippen LogP contribution in [0.25, 0.3) is 0 Å². The first-order valence-electron chi connectivity index (χ1n) is 3.00. The summed E-state index contributed by atoms with van der Waals surface area (Å²) in [5, 5.41) is 0. The minimum Gasteiger partial charge on any atom is -0.429 e. The van der Waals surface area contributed by atoms with Gasteiger partial charge in [-0.05, 0) is 44.0 Å². The van der Waals surface area contributed by atoms with Crippen molar-refractivity contribution in [2.75, 3.05) is 5.73 Å². The predicted octanol–water partition coefficient (Wildman–Crippen LogP) is 2.33. The van der Waals surface area contributed by atoms with Crippen LogP contribution in [0.4, 0.5) is 5.69 Å². The quantitative estimate of drug-likeness (QED) is 0.673. The third-order valence-corrected chi connectivity index (χ3v) is 2.55. The molecule has 0 bridgehead atoms. The number of hydrogen-bond donors (Lipinski definition) is 1. The molecule has 0 aliphatic carbocycles. The number of benzene rings is 1. The van der Waals surface area contributed by atoms with Crippen LogP contribution in [0.2, 0.25) is 0 Å². The molecule has 64 valence electrons. The van der Waals surface area contributed by atoms with Gasteiger partial charge >= 0.3 is 0 Å². The molecule has 0 aliphatic heterocycles. The standard InChI is InChI=1S/C7H5Br2NO2/c8-5-1-4(12-3-11)2-6(9)7(5)10/h1-3H,10H2. The molecule has 0 unspecified atom stereocenters. The maximum atomic E-state index is 10.00. The van der Waals surface area contributed by atoms with E-state index < -0.39 is 0 Å². The van der Waals surface area contributed by atoms with Crippen LogP contribution >= 0.6 is 31.9 Å². The van der Waals surface area contributed by atoms with E-state index in [1.807, 2.05) is 0 Å². The SMILES string of the molecule is Nc1c(Br)cc(OC=O)cc1Br. The molecule has 0 heterocycles. The Bertz CT molecular complexity index is 291.